The molecule has 0 aliphatic carbocycles. The van der Waals surface area contributed by atoms with Crippen molar-refractivity contribution in [2.24, 2.45) is 0 Å². The van der Waals surface area contributed by atoms with Crippen LogP contribution in [0.25, 0.3) is 5.65 Å². The molecule has 4 rings (SSSR count). The van der Waals surface area contributed by atoms with Crippen LogP contribution in [0.5, 0.6) is 0 Å². The van der Waals surface area contributed by atoms with Crippen molar-refractivity contribution < 1.29 is 22.5 Å². The highest BCUT2D eigenvalue weighted by Gasteiger charge is 2.37. The summed E-state index contributed by atoms with van der Waals surface area (Å²) in [5.74, 6) is -0.271. The maximum Gasteiger partial charge on any atom is 0.433 e. The lowest BCUT2D eigenvalue weighted by Crippen LogP contribution is -2.38. The number of nitrogens with zero attached hydrogens (tertiary/aromatic N) is 5. The molecule has 0 atom stereocenters. The predicted octanol–water partition coefficient (Wildman–Crippen LogP) is 4.36. The third-order valence-electron chi connectivity index (χ3n) is 5.55. The van der Waals surface area contributed by atoms with Gasteiger partial charge in [0.1, 0.15) is 5.69 Å². The maximum absolute atomic E-state index is 13.8. The average Bonchev–Trinajstić information content (AvgIpc) is 3.32. The Balaban J connectivity index is 1.60. The van der Waals surface area contributed by atoms with Crippen LogP contribution >= 0.6 is 0 Å². The van der Waals surface area contributed by atoms with E-state index in [1.165, 1.54) is 0 Å². The average molecular weight is 435 g/mol. The van der Waals surface area contributed by atoms with E-state index in [4.69, 9.17) is 4.52 Å². The van der Waals surface area contributed by atoms with Crippen molar-refractivity contribution in [1.29, 1.82) is 0 Å². The van der Waals surface area contributed by atoms with Gasteiger partial charge in [-0.1, -0.05) is 25.9 Å². The number of halogens is 3. The molecule has 1 fully saturated rings. The summed E-state index contributed by atoms with van der Waals surface area (Å²) >= 11 is 0. The Kier molecular flexibility index (Phi) is 5.06. The smallest absolute Gasteiger partial charge is 0.351 e. The van der Waals surface area contributed by atoms with Gasteiger partial charge in [0.25, 0.3) is 5.91 Å². The van der Waals surface area contributed by atoms with Crippen LogP contribution < -0.4 is 0 Å². The normalized spacial score (nSPS) is 16.3. The molecule has 0 aromatic carbocycles. The number of hydrogen-bond acceptors (Lipinski definition) is 5. The third kappa shape index (κ3) is 4.15. The van der Waals surface area contributed by atoms with Crippen molar-refractivity contribution in [3.8, 4) is 0 Å². The SMILES string of the molecule is Cc1cc(C(=O)N2CCC(c3cc(C(F)(F)F)n4nc(C(C)(C)C)cc4n3)CC2)on1. The zero-order valence-corrected chi connectivity index (χ0v) is 17.8. The molecule has 31 heavy (non-hydrogen) atoms. The lowest BCUT2D eigenvalue weighted by Gasteiger charge is -2.31. The van der Waals surface area contributed by atoms with E-state index in [1.54, 1.807) is 24.0 Å². The van der Waals surface area contributed by atoms with Gasteiger partial charge in [0.05, 0.1) is 11.4 Å². The predicted molar refractivity (Wildman–Crippen MR) is 106 cm³/mol. The van der Waals surface area contributed by atoms with Gasteiger partial charge < -0.3 is 9.42 Å². The Morgan fingerprint density at radius 1 is 1.13 bits per heavy atom. The highest BCUT2D eigenvalue weighted by atomic mass is 19.4. The lowest BCUT2D eigenvalue weighted by atomic mass is 9.92. The molecular formula is C21H24F3N5O2. The summed E-state index contributed by atoms with van der Waals surface area (Å²) in [6.07, 6.45) is -3.53. The topological polar surface area (TPSA) is 76.5 Å². The number of rotatable bonds is 2. The minimum Gasteiger partial charge on any atom is -0.351 e. The summed E-state index contributed by atoms with van der Waals surface area (Å²) < 4.78 is 47.2. The minimum atomic E-state index is -4.56. The van der Waals surface area contributed by atoms with Gasteiger partial charge in [0.15, 0.2) is 5.65 Å². The fraction of sp³-hybridized carbons (Fsp3) is 0.524. The van der Waals surface area contributed by atoms with Gasteiger partial charge in [-0.15, -0.1) is 0 Å². The summed E-state index contributed by atoms with van der Waals surface area (Å²) in [6.45, 7) is 8.23. The highest BCUT2D eigenvalue weighted by molar-refractivity contribution is 5.91. The summed E-state index contributed by atoms with van der Waals surface area (Å²) in [4.78, 5) is 18.7. The molecule has 0 spiro atoms. The second-order valence-electron chi connectivity index (χ2n) is 9.01. The van der Waals surface area contributed by atoms with Crippen LogP contribution in [0.3, 0.4) is 0 Å². The number of amides is 1. The first-order chi connectivity index (χ1) is 14.4. The van der Waals surface area contributed by atoms with Crippen molar-refractivity contribution in [1.82, 2.24) is 24.7 Å². The molecule has 4 heterocycles. The Labute approximate surface area is 177 Å². The van der Waals surface area contributed by atoms with Crippen molar-refractivity contribution in [2.45, 2.75) is 58.0 Å². The van der Waals surface area contributed by atoms with Crippen molar-refractivity contribution in [3.05, 3.63) is 46.7 Å². The molecular weight excluding hydrogens is 411 g/mol. The molecule has 0 saturated carbocycles. The Hall–Kier alpha value is -2.91. The summed E-state index contributed by atoms with van der Waals surface area (Å²) in [7, 11) is 0. The first kappa shape index (κ1) is 21.3. The molecule has 0 unspecified atom stereocenters. The quantitative estimate of drug-likeness (QED) is 0.598. The number of likely N-dealkylation sites (tertiary alicyclic amines) is 1. The lowest BCUT2D eigenvalue weighted by molar-refractivity contribution is -0.142. The van der Waals surface area contributed by atoms with E-state index >= 15 is 0 Å². The van der Waals surface area contributed by atoms with Crippen molar-refractivity contribution >= 4 is 11.6 Å². The van der Waals surface area contributed by atoms with Gasteiger partial charge in [-0.3, -0.25) is 4.79 Å². The van der Waals surface area contributed by atoms with Gasteiger partial charge in [0.2, 0.25) is 5.76 Å². The van der Waals surface area contributed by atoms with E-state index in [9.17, 15) is 18.0 Å². The van der Waals surface area contributed by atoms with Crippen molar-refractivity contribution in [3.63, 3.8) is 0 Å². The Morgan fingerprint density at radius 2 is 1.81 bits per heavy atom. The number of aryl methyl sites for hydroxylation is 1. The summed E-state index contributed by atoms with van der Waals surface area (Å²) in [5, 5.41) is 7.90. The fourth-order valence-corrected chi connectivity index (χ4v) is 3.77. The van der Waals surface area contributed by atoms with Crippen LogP contribution in [0.15, 0.2) is 22.7 Å². The zero-order valence-electron chi connectivity index (χ0n) is 17.8. The molecule has 7 nitrogen and oxygen atoms in total. The number of aromatic nitrogens is 4. The molecule has 0 bridgehead atoms. The van der Waals surface area contributed by atoms with Gasteiger partial charge >= 0.3 is 6.18 Å². The third-order valence-corrected chi connectivity index (χ3v) is 5.55. The van der Waals surface area contributed by atoms with Crippen LogP contribution in [0.4, 0.5) is 13.2 Å². The van der Waals surface area contributed by atoms with E-state index in [2.05, 4.69) is 15.2 Å². The number of fused-ring (bicyclic) bond motifs is 1. The highest BCUT2D eigenvalue weighted by Crippen LogP contribution is 2.35. The van der Waals surface area contributed by atoms with Gasteiger partial charge in [-0.2, -0.15) is 18.3 Å². The summed E-state index contributed by atoms with van der Waals surface area (Å²) in [5.41, 5.74) is 0.490. The van der Waals surface area contributed by atoms with Crippen molar-refractivity contribution in [2.75, 3.05) is 13.1 Å². The molecule has 1 saturated heterocycles. The van der Waals surface area contributed by atoms with Crippen LogP contribution in [0.1, 0.15) is 72.9 Å². The number of carbonyl (C=O) groups is 1. The van der Waals surface area contributed by atoms with Gasteiger partial charge in [0, 0.05) is 42.2 Å². The van der Waals surface area contributed by atoms with E-state index in [0.29, 0.717) is 43.0 Å². The fourth-order valence-electron chi connectivity index (χ4n) is 3.77. The molecule has 1 amide bonds. The monoisotopic (exact) mass is 435 g/mol. The number of carbonyl (C=O) groups excluding carboxylic acids is 1. The minimum absolute atomic E-state index is 0.170. The molecule has 1 aliphatic heterocycles. The maximum atomic E-state index is 13.8. The molecule has 166 valence electrons. The molecule has 1 aliphatic rings. The zero-order chi connectivity index (χ0) is 22.6. The molecule has 0 N–H and O–H groups in total. The van der Waals surface area contributed by atoms with Crippen LogP contribution in [-0.2, 0) is 11.6 Å². The second-order valence-corrected chi connectivity index (χ2v) is 9.01. The first-order valence-electron chi connectivity index (χ1n) is 10.1. The van der Waals surface area contributed by atoms with Crippen LogP contribution in [0.2, 0.25) is 0 Å². The van der Waals surface area contributed by atoms with E-state index in [0.717, 1.165) is 10.6 Å². The van der Waals surface area contributed by atoms with E-state index in [-0.39, 0.29) is 23.2 Å². The van der Waals surface area contributed by atoms with Gasteiger partial charge in [-0.25, -0.2) is 9.50 Å². The van der Waals surface area contributed by atoms with Gasteiger partial charge in [-0.05, 0) is 25.8 Å². The standard InChI is InChI=1S/C21H24F3N5O2/c1-12-9-15(31-27-12)19(30)28-7-5-13(6-8-28)14-10-17(21(22,23)24)29-18(25-14)11-16(26-29)20(2,3)4/h9-11,13H,5-8H2,1-4H3. The van der Waals surface area contributed by atoms with Crippen LogP contribution in [0, 0.1) is 6.92 Å². The van der Waals surface area contributed by atoms with Crippen LogP contribution in [-0.4, -0.2) is 43.7 Å². The van der Waals surface area contributed by atoms with E-state index < -0.39 is 17.3 Å². The van der Waals surface area contributed by atoms with E-state index in [1.807, 2.05) is 20.8 Å². The molecule has 10 heteroatoms. The number of hydrogen-bond donors (Lipinski definition) is 0. The molecule has 3 aromatic rings. The second kappa shape index (κ2) is 7.35. The summed E-state index contributed by atoms with van der Waals surface area (Å²) in [6, 6.07) is 4.28. The number of piperidine rings is 1. The first-order valence-corrected chi connectivity index (χ1v) is 10.1. The largest absolute Gasteiger partial charge is 0.433 e. The molecule has 3 aromatic heterocycles. The Bertz CT molecular complexity index is 1120. The number of alkyl halides is 3. The Morgan fingerprint density at radius 3 is 2.35 bits per heavy atom. The molecule has 0 radical (unpaired) electrons.